The predicted molar refractivity (Wildman–Crippen MR) is 67.9 cm³/mol. The fraction of sp³-hybridized carbons (Fsp3) is 0.133. The van der Waals surface area contributed by atoms with E-state index in [0.717, 1.165) is 5.56 Å². The average Bonchev–Trinajstić information content (AvgIpc) is 2.42. The highest BCUT2D eigenvalue weighted by Gasteiger charge is 1.95. The summed E-state index contributed by atoms with van der Waals surface area (Å²) in [6, 6.07) is 19.8. The van der Waals surface area contributed by atoms with Crippen molar-refractivity contribution in [2.45, 2.75) is 13.8 Å². The minimum atomic E-state index is 0.699. The van der Waals surface area contributed by atoms with Crippen LogP contribution >= 0.6 is 0 Å². The van der Waals surface area contributed by atoms with Crippen molar-refractivity contribution in [3.8, 4) is 17.2 Å². The molecule has 2 aromatic carbocycles. The Bertz CT molecular complexity index is 449. The van der Waals surface area contributed by atoms with E-state index in [0.29, 0.717) is 5.56 Å². The highest BCUT2D eigenvalue weighted by atomic mass is 14.2. The molecule has 0 heterocycles. The van der Waals surface area contributed by atoms with Gasteiger partial charge in [-0.25, -0.2) is 0 Å². The molecule has 1 heteroatoms. The van der Waals surface area contributed by atoms with Crippen LogP contribution in [0.2, 0.25) is 0 Å². The van der Waals surface area contributed by atoms with Gasteiger partial charge < -0.3 is 0 Å². The summed E-state index contributed by atoms with van der Waals surface area (Å²) in [5.74, 6) is 0. The van der Waals surface area contributed by atoms with Gasteiger partial charge in [-0.15, -0.1) is 0 Å². The van der Waals surface area contributed by atoms with E-state index >= 15 is 0 Å². The zero-order valence-electron chi connectivity index (χ0n) is 9.64. The quantitative estimate of drug-likeness (QED) is 0.688. The second kappa shape index (κ2) is 6.42. The van der Waals surface area contributed by atoms with Crippen LogP contribution in [0.15, 0.2) is 54.6 Å². The minimum Gasteiger partial charge on any atom is -0.192 e. The maximum Gasteiger partial charge on any atom is 0.0991 e. The van der Waals surface area contributed by atoms with Gasteiger partial charge >= 0.3 is 0 Å². The molecular weight excluding hydrogens is 194 g/mol. The third kappa shape index (κ3) is 2.96. The van der Waals surface area contributed by atoms with E-state index in [4.69, 9.17) is 5.26 Å². The van der Waals surface area contributed by atoms with E-state index in [2.05, 4.69) is 18.2 Å². The summed E-state index contributed by atoms with van der Waals surface area (Å²) in [7, 11) is 0. The zero-order chi connectivity index (χ0) is 11.8. The first-order valence-electron chi connectivity index (χ1n) is 5.46. The van der Waals surface area contributed by atoms with Crippen molar-refractivity contribution >= 4 is 0 Å². The molecule has 0 amide bonds. The Morgan fingerprint density at radius 1 is 0.750 bits per heavy atom. The molecule has 0 spiro atoms. The smallest absolute Gasteiger partial charge is 0.0991 e. The number of hydrogen-bond donors (Lipinski definition) is 0. The van der Waals surface area contributed by atoms with Gasteiger partial charge in [-0.05, 0) is 23.3 Å². The zero-order valence-corrected chi connectivity index (χ0v) is 9.64. The van der Waals surface area contributed by atoms with Crippen LogP contribution in [0.25, 0.3) is 11.1 Å². The molecule has 0 saturated heterocycles. The van der Waals surface area contributed by atoms with Gasteiger partial charge in [0, 0.05) is 0 Å². The average molecular weight is 209 g/mol. The molecule has 0 bridgehead atoms. The number of nitriles is 1. The van der Waals surface area contributed by atoms with Crippen molar-refractivity contribution in [1.29, 1.82) is 5.26 Å². The van der Waals surface area contributed by atoms with Gasteiger partial charge in [0.25, 0.3) is 0 Å². The first kappa shape index (κ1) is 12.0. The first-order valence-corrected chi connectivity index (χ1v) is 5.46. The summed E-state index contributed by atoms with van der Waals surface area (Å²) in [6.07, 6.45) is 0. The van der Waals surface area contributed by atoms with Crippen LogP contribution in [0.5, 0.6) is 0 Å². The molecule has 1 nitrogen and oxygen atoms in total. The fourth-order valence-corrected chi connectivity index (χ4v) is 1.37. The Morgan fingerprint density at radius 2 is 1.25 bits per heavy atom. The molecule has 0 aliphatic rings. The van der Waals surface area contributed by atoms with Crippen LogP contribution in [0.3, 0.4) is 0 Å². The maximum atomic E-state index is 8.65. The van der Waals surface area contributed by atoms with E-state index in [1.54, 1.807) is 0 Å². The standard InChI is InChI=1S/C13H9N.C2H6/c14-10-11-6-8-13(9-7-11)12-4-2-1-3-5-12;1-2/h1-9H;1-2H3. The van der Waals surface area contributed by atoms with E-state index in [1.165, 1.54) is 5.56 Å². The highest BCUT2D eigenvalue weighted by Crippen LogP contribution is 2.18. The second-order valence-electron chi connectivity index (χ2n) is 3.06. The van der Waals surface area contributed by atoms with E-state index in [-0.39, 0.29) is 0 Å². The maximum absolute atomic E-state index is 8.65. The van der Waals surface area contributed by atoms with Crippen molar-refractivity contribution < 1.29 is 0 Å². The Morgan fingerprint density at radius 3 is 1.75 bits per heavy atom. The molecule has 0 saturated carbocycles. The molecule has 0 N–H and O–H groups in total. The molecule has 0 aromatic heterocycles. The van der Waals surface area contributed by atoms with Crippen molar-refractivity contribution in [2.75, 3.05) is 0 Å². The van der Waals surface area contributed by atoms with Crippen molar-refractivity contribution in [3.63, 3.8) is 0 Å². The molecule has 2 aromatic rings. The molecule has 0 aliphatic heterocycles. The van der Waals surface area contributed by atoms with Crippen molar-refractivity contribution in [2.24, 2.45) is 0 Å². The van der Waals surface area contributed by atoms with Crippen LogP contribution in [0, 0.1) is 11.3 Å². The minimum absolute atomic E-state index is 0.699. The van der Waals surface area contributed by atoms with Crippen LogP contribution in [0.4, 0.5) is 0 Å². The lowest BCUT2D eigenvalue weighted by molar-refractivity contribution is 1.48. The molecule has 2 rings (SSSR count). The lowest BCUT2D eigenvalue weighted by Gasteiger charge is -1.99. The summed E-state index contributed by atoms with van der Waals surface area (Å²) in [5.41, 5.74) is 3.02. The topological polar surface area (TPSA) is 23.8 Å². The monoisotopic (exact) mass is 209 g/mol. The first-order chi connectivity index (χ1) is 7.90. The number of benzene rings is 2. The Balaban J connectivity index is 0.000000606. The van der Waals surface area contributed by atoms with Gasteiger partial charge in [-0.1, -0.05) is 56.3 Å². The Hall–Kier alpha value is -2.07. The number of hydrogen-bond acceptors (Lipinski definition) is 1. The summed E-state index contributed by atoms with van der Waals surface area (Å²) in [4.78, 5) is 0. The van der Waals surface area contributed by atoms with E-state index in [9.17, 15) is 0 Å². The molecule has 80 valence electrons. The van der Waals surface area contributed by atoms with Gasteiger partial charge in [0.1, 0.15) is 0 Å². The van der Waals surface area contributed by atoms with Crippen molar-refractivity contribution in [1.82, 2.24) is 0 Å². The third-order valence-corrected chi connectivity index (χ3v) is 2.12. The summed E-state index contributed by atoms with van der Waals surface area (Å²) < 4.78 is 0. The van der Waals surface area contributed by atoms with E-state index < -0.39 is 0 Å². The van der Waals surface area contributed by atoms with Crippen LogP contribution in [-0.2, 0) is 0 Å². The lowest BCUT2D eigenvalue weighted by Crippen LogP contribution is -1.77. The molecule has 0 aliphatic carbocycles. The SMILES string of the molecule is CC.N#Cc1ccc(-c2ccccc2)cc1. The van der Waals surface area contributed by atoms with E-state index in [1.807, 2.05) is 56.3 Å². The normalized spacial score (nSPS) is 8.56. The molecule has 0 fully saturated rings. The summed E-state index contributed by atoms with van der Waals surface area (Å²) >= 11 is 0. The lowest BCUT2D eigenvalue weighted by atomic mass is 10.0. The van der Waals surface area contributed by atoms with Crippen LogP contribution in [-0.4, -0.2) is 0 Å². The number of rotatable bonds is 1. The largest absolute Gasteiger partial charge is 0.192 e. The van der Waals surface area contributed by atoms with Gasteiger partial charge in [0.2, 0.25) is 0 Å². The van der Waals surface area contributed by atoms with Gasteiger partial charge in [0.05, 0.1) is 11.6 Å². The highest BCUT2D eigenvalue weighted by molar-refractivity contribution is 5.63. The molecule has 16 heavy (non-hydrogen) atoms. The molecule has 0 atom stereocenters. The van der Waals surface area contributed by atoms with Gasteiger partial charge in [-0.3, -0.25) is 0 Å². The second-order valence-corrected chi connectivity index (χ2v) is 3.06. The van der Waals surface area contributed by atoms with Crippen LogP contribution in [0.1, 0.15) is 19.4 Å². The molecule has 0 radical (unpaired) electrons. The summed E-state index contributed by atoms with van der Waals surface area (Å²) in [6.45, 7) is 4.00. The predicted octanol–water partition coefficient (Wildman–Crippen LogP) is 4.25. The molecule has 0 unspecified atom stereocenters. The molecular formula is C15H15N. The Labute approximate surface area is 97.0 Å². The van der Waals surface area contributed by atoms with Gasteiger partial charge in [0.15, 0.2) is 0 Å². The van der Waals surface area contributed by atoms with Gasteiger partial charge in [-0.2, -0.15) is 5.26 Å². The number of nitrogens with zero attached hydrogens (tertiary/aromatic N) is 1. The van der Waals surface area contributed by atoms with Crippen LogP contribution < -0.4 is 0 Å². The Kier molecular flexibility index (Phi) is 4.82. The van der Waals surface area contributed by atoms with Crippen molar-refractivity contribution in [3.05, 3.63) is 60.2 Å². The third-order valence-electron chi connectivity index (χ3n) is 2.12. The summed E-state index contributed by atoms with van der Waals surface area (Å²) in [5, 5.41) is 8.65. The fourth-order valence-electron chi connectivity index (χ4n) is 1.37.